The maximum Gasteiger partial charge on any atom is 0.295 e. The number of ether oxygens (including phenoxy) is 1. The first-order chi connectivity index (χ1) is 14.5. The lowest BCUT2D eigenvalue weighted by Gasteiger charge is -2.28. The van der Waals surface area contributed by atoms with Gasteiger partial charge in [-0.25, -0.2) is 0 Å². The van der Waals surface area contributed by atoms with Crippen LogP contribution in [-0.4, -0.2) is 64.9 Å². The van der Waals surface area contributed by atoms with E-state index >= 15 is 0 Å². The van der Waals surface area contributed by atoms with Gasteiger partial charge in [-0.15, -0.1) is 0 Å². The molecule has 2 heterocycles. The first-order valence-electron chi connectivity index (χ1n) is 10.1. The summed E-state index contributed by atoms with van der Waals surface area (Å²) in [7, 11) is 1.53. The summed E-state index contributed by atoms with van der Waals surface area (Å²) in [5.41, 5.74) is 1.17. The number of benzene rings is 1. The molecular weight excluding hydrogens is 382 g/mol. The van der Waals surface area contributed by atoms with Crippen LogP contribution in [0.1, 0.15) is 31.0 Å². The average molecular weight is 409 g/mol. The van der Waals surface area contributed by atoms with Crippen LogP contribution in [-0.2, 0) is 9.59 Å². The normalized spacial score (nSPS) is 18.3. The van der Waals surface area contributed by atoms with Crippen LogP contribution in [0.5, 0.6) is 5.75 Å². The van der Waals surface area contributed by atoms with Gasteiger partial charge in [-0.2, -0.15) is 0 Å². The third-order valence-corrected chi connectivity index (χ3v) is 5.43. The van der Waals surface area contributed by atoms with Crippen LogP contribution in [0.2, 0.25) is 0 Å². The fraction of sp³-hybridized carbons (Fsp3) is 0.348. The molecule has 1 N–H and O–H groups in total. The molecular formula is C23H27N3O4. The van der Waals surface area contributed by atoms with Gasteiger partial charge in [0.15, 0.2) is 0 Å². The van der Waals surface area contributed by atoms with E-state index in [1.54, 1.807) is 42.7 Å². The number of aliphatic hydroxyl groups excluding tert-OH is 1. The number of likely N-dealkylation sites (N-methyl/N-ethyl adjacent to an activating group) is 1. The van der Waals surface area contributed by atoms with Gasteiger partial charge in [0.1, 0.15) is 11.5 Å². The van der Waals surface area contributed by atoms with Crippen molar-refractivity contribution >= 4 is 17.4 Å². The Balaban J connectivity index is 2.08. The number of hydrogen-bond acceptors (Lipinski definition) is 6. The van der Waals surface area contributed by atoms with Crippen molar-refractivity contribution < 1.29 is 19.4 Å². The van der Waals surface area contributed by atoms with Gasteiger partial charge in [-0.3, -0.25) is 14.6 Å². The number of carbonyl (C=O) groups is 2. The number of methoxy groups -OCH3 is 1. The minimum Gasteiger partial charge on any atom is -0.507 e. The zero-order valence-corrected chi connectivity index (χ0v) is 17.5. The maximum absolute atomic E-state index is 13.0. The zero-order chi connectivity index (χ0) is 21.7. The molecule has 1 amide bonds. The molecule has 1 atom stereocenters. The van der Waals surface area contributed by atoms with Gasteiger partial charge in [0, 0.05) is 31.0 Å². The largest absolute Gasteiger partial charge is 0.507 e. The van der Waals surface area contributed by atoms with Crippen molar-refractivity contribution in [3.63, 3.8) is 0 Å². The highest BCUT2D eigenvalue weighted by Gasteiger charge is 2.46. The summed E-state index contributed by atoms with van der Waals surface area (Å²) in [6.07, 6.45) is 3.26. The Bertz CT molecular complexity index is 938. The Kier molecular flexibility index (Phi) is 6.84. The van der Waals surface area contributed by atoms with Gasteiger partial charge >= 0.3 is 0 Å². The first kappa shape index (κ1) is 21.5. The molecule has 3 rings (SSSR count). The van der Waals surface area contributed by atoms with Crippen molar-refractivity contribution in [1.29, 1.82) is 0 Å². The number of rotatable bonds is 8. The summed E-state index contributed by atoms with van der Waals surface area (Å²) in [6.45, 7) is 6.82. The molecule has 0 bridgehead atoms. The lowest BCUT2D eigenvalue weighted by atomic mass is 9.96. The molecule has 30 heavy (non-hydrogen) atoms. The molecule has 1 aromatic carbocycles. The second-order valence-corrected chi connectivity index (χ2v) is 7.04. The Hall–Kier alpha value is -3.19. The predicted octanol–water partition coefficient (Wildman–Crippen LogP) is 2.85. The van der Waals surface area contributed by atoms with E-state index in [1.807, 2.05) is 6.07 Å². The smallest absolute Gasteiger partial charge is 0.295 e. The number of aromatic nitrogens is 1. The minimum absolute atomic E-state index is 0.0702. The van der Waals surface area contributed by atoms with Gasteiger partial charge in [-0.1, -0.05) is 32.0 Å². The Morgan fingerprint density at radius 3 is 2.60 bits per heavy atom. The van der Waals surface area contributed by atoms with Crippen molar-refractivity contribution in [2.75, 3.05) is 33.3 Å². The second kappa shape index (κ2) is 9.54. The molecule has 0 unspecified atom stereocenters. The number of amides is 1. The quantitative estimate of drug-likeness (QED) is 0.410. The first-order valence-corrected chi connectivity index (χ1v) is 10.1. The average Bonchev–Trinajstić information content (AvgIpc) is 3.04. The van der Waals surface area contributed by atoms with E-state index in [0.29, 0.717) is 30.0 Å². The molecule has 0 radical (unpaired) electrons. The molecule has 1 aliphatic heterocycles. The second-order valence-electron chi connectivity index (χ2n) is 7.04. The molecule has 2 aromatic rings. The molecule has 1 saturated heterocycles. The van der Waals surface area contributed by atoms with Crippen molar-refractivity contribution in [2.45, 2.75) is 19.9 Å². The molecule has 7 nitrogen and oxygen atoms in total. The highest BCUT2D eigenvalue weighted by molar-refractivity contribution is 6.46. The fourth-order valence-corrected chi connectivity index (χ4v) is 3.71. The van der Waals surface area contributed by atoms with Crippen LogP contribution in [0.25, 0.3) is 5.76 Å². The van der Waals surface area contributed by atoms with Gasteiger partial charge in [0.2, 0.25) is 0 Å². The van der Waals surface area contributed by atoms with Gasteiger partial charge in [0.05, 0.1) is 18.7 Å². The summed E-state index contributed by atoms with van der Waals surface area (Å²) >= 11 is 0. The minimum atomic E-state index is -0.694. The van der Waals surface area contributed by atoms with Crippen LogP contribution in [0.3, 0.4) is 0 Å². The molecule has 1 aromatic heterocycles. The van der Waals surface area contributed by atoms with Gasteiger partial charge in [0.25, 0.3) is 11.7 Å². The molecule has 1 aliphatic rings. The summed E-state index contributed by atoms with van der Waals surface area (Å²) < 4.78 is 5.23. The number of pyridine rings is 1. The van der Waals surface area contributed by atoms with Crippen molar-refractivity contribution in [2.24, 2.45) is 0 Å². The van der Waals surface area contributed by atoms with E-state index in [2.05, 4.69) is 23.7 Å². The number of likely N-dealkylation sites (tertiary alicyclic amines) is 1. The number of Topliss-reactive ketones (excluding diaryl/α,β-unsaturated/α-hetero) is 1. The molecule has 0 spiro atoms. The molecule has 0 saturated carbocycles. The monoisotopic (exact) mass is 409 g/mol. The van der Waals surface area contributed by atoms with E-state index < -0.39 is 17.7 Å². The predicted molar refractivity (Wildman–Crippen MR) is 114 cm³/mol. The van der Waals surface area contributed by atoms with Crippen LogP contribution < -0.4 is 4.74 Å². The SMILES string of the molecule is CCN(CC)CCN1C(=O)C(=O)/C(=C(/O)c2cccc(OC)c2)[C@@H]1c1cccnc1. The standard InChI is InChI=1S/C23H27N3O4/c1-4-25(5-2)12-13-26-20(17-9-7-11-24-15-17)19(22(28)23(26)29)21(27)16-8-6-10-18(14-16)30-3/h6-11,14-15,20,27H,4-5,12-13H2,1-3H3/b21-19+/t20-/m0/s1. The number of hydrogen-bond donors (Lipinski definition) is 1. The summed E-state index contributed by atoms with van der Waals surface area (Å²) in [4.78, 5) is 33.8. The van der Waals surface area contributed by atoms with Crippen LogP contribution in [0.15, 0.2) is 54.4 Å². The van der Waals surface area contributed by atoms with Crippen LogP contribution >= 0.6 is 0 Å². The topological polar surface area (TPSA) is 83.0 Å². The van der Waals surface area contributed by atoms with E-state index in [9.17, 15) is 14.7 Å². The summed E-state index contributed by atoms with van der Waals surface area (Å²) in [5, 5.41) is 11.0. The highest BCUT2D eigenvalue weighted by Crippen LogP contribution is 2.39. The number of aliphatic hydroxyl groups is 1. The van der Waals surface area contributed by atoms with Crippen molar-refractivity contribution in [3.8, 4) is 5.75 Å². The number of nitrogens with zero attached hydrogens (tertiary/aromatic N) is 3. The lowest BCUT2D eigenvalue weighted by molar-refractivity contribution is -0.140. The number of carbonyl (C=O) groups excluding carboxylic acids is 2. The number of ketones is 1. The molecule has 7 heteroatoms. The molecule has 1 fully saturated rings. The van der Waals surface area contributed by atoms with E-state index in [0.717, 1.165) is 13.1 Å². The van der Waals surface area contributed by atoms with Gasteiger partial charge < -0.3 is 19.6 Å². The third kappa shape index (κ3) is 4.21. The van der Waals surface area contributed by atoms with E-state index in [4.69, 9.17) is 4.74 Å². The highest BCUT2D eigenvalue weighted by atomic mass is 16.5. The van der Waals surface area contributed by atoms with E-state index in [1.165, 1.54) is 12.0 Å². The Morgan fingerprint density at radius 2 is 1.97 bits per heavy atom. The van der Waals surface area contributed by atoms with E-state index in [-0.39, 0.29) is 11.3 Å². The molecule has 158 valence electrons. The lowest BCUT2D eigenvalue weighted by Crippen LogP contribution is -2.38. The van der Waals surface area contributed by atoms with Crippen LogP contribution in [0.4, 0.5) is 0 Å². The van der Waals surface area contributed by atoms with Crippen molar-refractivity contribution in [3.05, 3.63) is 65.5 Å². The Labute approximate surface area is 176 Å². The molecule has 0 aliphatic carbocycles. The maximum atomic E-state index is 13.0. The third-order valence-electron chi connectivity index (χ3n) is 5.43. The summed E-state index contributed by atoms with van der Waals surface area (Å²) in [6, 6.07) is 9.67. The van der Waals surface area contributed by atoms with Crippen LogP contribution in [0, 0.1) is 0 Å². The summed E-state index contributed by atoms with van der Waals surface area (Å²) in [5.74, 6) is -0.969. The zero-order valence-electron chi connectivity index (χ0n) is 17.5. The fourth-order valence-electron chi connectivity index (χ4n) is 3.71. The van der Waals surface area contributed by atoms with Crippen molar-refractivity contribution in [1.82, 2.24) is 14.8 Å². The Morgan fingerprint density at radius 1 is 1.20 bits per heavy atom. The van der Waals surface area contributed by atoms with Gasteiger partial charge in [-0.05, 0) is 36.9 Å².